The predicted molar refractivity (Wildman–Crippen MR) is 65.6 cm³/mol. The Kier molecular flexibility index (Phi) is 3.37. The van der Waals surface area contributed by atoms with Gasteiger partial charge in [0.05, 0.1) is 0 Å². The summed E-state index contributed by atoms with van der Waals surface area (Å²) in [7, 11) is 0. The lowest BCUT2D eigenvalue weighted by molar-refractivity contribution is 0.112. The second kappa shape index (κ2) is 4.96. The average molecular weight is 245 g/mol. The minimum atomic E-state index is -0.443. The Labute approximate surface area is 104 Å². The minimum Gasteiger partial charge on any atom is -0.436 e. The molecule has 1 aromatic carbocycles. The highest BCUT2D eigenvalue weighted by Gasteiger charge is 2.08. The number of carbonyl (C=O) groups is 1. The number of benzene rings is 1. The number of ether oxygens (including phenoxy) is 1. The molecule has 92 valence electrons. The molecule has 0 bridgehead atoms. The first-order chi connectivity index (χ1) is 8.60. The van der Waals surface area contributed by atoms with Crippen molar-refractivity contribution in [3.8, 4) is 11.6 Å². The van der Waals surface area contributed by atoms with Crippen molar-refractivity contribution < 1.29 is 13.9 Å². The number of hydrogen-bond donors (Lipinski definition) is 0. The number of rotatable bonds is 3. The lowest BCUT2D eigenvalue weighted by Crippen LogP contribution is -1.95. The summed E-state index contributed by atoms with van der Waals surface area (Å²) in [6.07, 6.45) is 2.10. The summed E-state index contributed by atoms with van der Waals surface area (Å²) < 4.78 is 18.9. The molecule has 18 heavy (non-hydrogen) atoms. The first kappa shape index (κ1) is 12.2. The molecular formula is C14H12FNO2. The smallest absolute Gasteiger partial charge is 0.222 e. The standard InChI is InChI=1S/C14H12FNO2/c1-9-3-4-12(15)13(5-9)18-14-10(2)6-11(8-17)7-16-14/h3-8H,1-2H3. The molecule has 1 aromatic heterocycles. The third kappa shape index (κ3) is 2.53. The van der Waals surface area contributed by atoms with Crippen molar-refractivity contribution >= 4 is 6.29 Å². The number of aromatic nitrogens is 1. The summed E-state index contributed by atoms with van der Waals surface area (Å²) in [4.78, 5) is 14.6. The van der Waals surface area contributed by atoms with Gasteiger partial charge < -0.3 is 4.74 Å². The van der Waals surface area contributed by atoms with Crippen LogP contribution in [0.4, 0.5) is 4.39 Å². The number of aldehydes is 1. The highest BCUT2D eigenvalue weighted by atomic mass is 19.1. The van der Waals surface area contributed by atoms with E-state index in [1.54, 1.807) is 25.1 Å². The Balaban J connectivity index is 2.34. The number of halogens is 1. The molecule has 0 radical (unpaired) electrons. The van der Waals surface area contributed by atoms with Gasteiger partial charge in [0, 0.05) is 17.3 Å². The summed E-state index contributed by atoms with van der Waals surface area (Å²) in [5.74, 6) is -0.0178. The van der Waals surface area contributed by atoms with Crippen LogP contribution in [-0.2, 0) is 0 Å². The predicted octanol–water partition coefficient (Wildman–Crippen LogP) is 3.44. The Bertz CT molecular complexity index is 596. The molecule has 0 saturated heterocycles. The summed E-state index contributed by atoms with van der Waals surface area (Å²) in [6, 6.07) is 6.25. The quantitative estimate of drug-likeness (QED) is 0.777. The normalized spacial score (nSPS) is 10.2. The Morgan fingerprint density at radius 2 is 2.06 bits per heavy atom. The van der Waals surface area contributed by atoms with Crippen molar-refractivity contribution in [3.05, 3.63) is 53.0 Å². The average Bonchev–Trinajstić information content (AvgIpc) is 2.36. The molecule has 4 heteroatoms. The first-order valence-corrected chi connectivity index (χ1v) is 5.46. The van der Waals surface area contributed by atoms with Gasteiger partial charge in [-0.3, -0.25) is 4.79 Å². The van der Waals surface area contributed by atoms with Crippen LogP contribution >= 0.6 is 0 Å². The van der Waals surface area contributed by atoms with Gasteiger partial charge in [0.1, 0.15) is 0 Å². The fraction of sp³-hybridized carbons (Fsp3) is 0.143. The molecule has 0 N–H and O–H groups in total. The zero-order valence-corrected chi connectivity index (χ0v) is 10.1. The number of pyridine rings is 1. The van der Waals surface area contributed by atoms with Gasteiger partial charge in [-0.1, -0.05) is 6.07 Å². The van der Waals surface area contributed by atoms with Crippen LogP contribution in [0.25, 0.3) is 0 Å². The van der Waals surface area contributed by atoms with E-state index in [0.717, 1.165) is 5.56 Å². The van der Waals surface area contributed by atoms with Gasteiger partial charge in [0.25, 0.3) is 0 Å². The van der Waals surface area contributed by atoms with E-state index >= 15 is 0 Å². The van der Waals surface area contributed by atoms with Crippen LogP contribution in [0, 0.1) is 19.7 Å². The lowest BCUT2D eigenvalue weighted by atomic mass is 10.2. The Morgan fingerprint density at radius 3 is 2.72 bits per heavy atom. The molecule has 0 unspecified atom stereocenters. The van der Waals surface area contributed by atoms with Gasteiger partial charge in [-0.2, -0.15) is 0 Å². The maximum atomic E-state index is 13.5. The summed E-state index contributed by atoms with van der Waals surface area (Å²) in [5.41, 5.74) is 2.04. The number of carbonyl (C=O) groups excluding carboxylic acids is 1. The molecule has 0 atom stereocenters. The van der Waals surface area contributed by atoms with E-state index in [9.17, 15) is 9.18 Å². The second-order valence-electron chi connectivity index (χ2n) is 4.04. The van der Waals surface area contributed by atoms with E-state index < -0.39 is 5.82 Å². The fourth-order valence-corrected chi connectivity index (χ4v) is 1.55. The van der Waals surface area contributed by atoms with E-state index in [0.29, 0.717) is 23.3 Å². The van der Waals surface area contributed by atoms with Gasteiger partial charge in [-0.05, 0) is 37.6 Å². The maximum Gasteiger partial charge on any atom is 0.222 e. The molecule has 0 aliphatic rings. The largest absolute Gasteiger partial charge is 0.436 e. The topological polar surface area (TPSA) is 39.2 Å². The number of aryl methyl sites for hydroxylation is 2. The number of hydrogen-bond acceptors (Lipinski definition) is 3. The zero-order chi connectivity index (χ0) is 13.1. The third-order valence-corrected chi connectivity index (χ3v) is 2.48. The van der Waals surface area contributed by atoms with E-state index in [1.807, 2.05) is 6.92 Å². The van der Waals surface area contributed by atoms with Gasteiger partial charge in [-0.15, -0.1) is 0 Å². The van der Waals surface area contributed by atoms with E-state index in [1.165, 1.54) is 12.3 Å². The highest BCUT2D eigenvalue weighted by Crippen LogP contribution is 2.26. The summed E-state index contributed by atoms with van der Waals surface area (Å²) in [5, 5.41) is 0. The van der Waals surface area contributed by atoms with Gasteiger partial charge in [0.15, 0.2) is 17.9 Å². The molecule has 3 nitrogen and oxygen atoms in total. The van der Waals surface area contributed by atoms with Gasteiger partial charge in [-0.25, -0.2) is 9.37 Å². The van der Waals surface area contributed by atoms with E-state index in [2.05, 4.69) is 4.98 Å². The van der Waals surface area contributed by atoms with Crippen LogP contribution in [-0.4, -0.2) is 11.3 Å². The van der Waals surface area contributed by atoms with Gasteiger partial charge >= 0.3 is 0 Å². The maximum absolute atomic E-state index is 13.5. The van der Waals surface area contributed by atoms with Crippen LogP contribution in [0.2, 0.25) is 0 Å². The molecule has 2 rings (SSSR count). The molecule has 1 heterocycles. The SMILES string of the molecule is Cc1ccc(F)c(Oc2ncc(C=O)cc2C)c1. The Hall–Kier alpha value is -2.23. The molecule has 0 fully saturated rings. The monoisotopic (exact) mass is 245 g/mol. The van der Waals surface area contributed by atoms with Gasteiger partial charge in [0.2, 0.25) is 5.88 Å². The molecule has 0 spiro atoms. The Morgan fingerprint density at radius 1 is 1.28 bits per heavy atom. The van der Waals surface area contributed by atoms with Crippen LogP contribution in [0.15, 0.2) is 30.5 Å². The molecule has 0 aliphatic heterocycles. The third-order valence-electron chi connectivity index (χ3n) is 2.48. The van der Waals surface area contributed by atoms with Crippen molar-refractivity contribution in [2.24, 2.45) is 0 Å². The van der Waals surface area contributed by atoms with E-state index in [4.69, 9.17) is 4.74 Å². The van der Waals surface area contributed by atoms with Crippen molar-refractivity contribution in [1.82, 2.24) is 4.98 Å². The zero-order valence-electron chi connectivity index (χ0n) is 10.1. The number of nitrogens with zero attached hydrogens (tertiary/aromatic N) is 1. The van der Waals surface area contributed by atoms with E-state index in [-0.39, 0.29) is 5.75 Å². The van der Waals surface area contributed by atoms with Crippen LogP contribution in [0.3, 0.4) is 0 Å². The summed E-state index contributed by atoms with van der Waals surface area (Å²) >= 11 is 0. The molecule has 0 aliphatic carbocycles. The molecule has 2 aromatic rings. The fourth-order valence-electron chi connectivity index (χ4n) is 1.55. The van der Waals surface area contributed by atoms with Crippen molar-refractivity contribution in [1.29, 1.82) is 0 Å². The van der Waals surface area contributed by atoms with Crippen molar-refractivity contribution in [2.75, 3.05) is 0 Å². The minimum absolute atomic E-state index is 0.129. The molecule has 0 amide bonds. The van der Waals surface area contributed by atoms with Crippen molar-refractivity contribution in [2.45, 2.75) is 13.8 Å². The highest BCUT2D eigenvalue weighted by molar-refractivity contribution is 5.74. The van der Waals surface area contributed by atoms with Crippen LogP contribution < -0.4 is 4.74 Å². The van der Waals surface area contributed by atoms with Crippen molar-refractivity contribution in [3.63, 3.8) is 0 Å². The molecule has 0 saturated carbocycles. The summed E-state index contributed by atoms with van der Waals surface area (Å²) in [6.45, 7) is 3.60. The first-order valence-electron chi connectivity index (χ1n) is 5.46. The second-order valence-corrected chi connectivity index (χ2v) is 4.04. The molecular weight excluding hydrogens is 233 g/mol. The lowest BCUT2D eigenvalue weighted by Gasteiger charge is -2.09. The van der Waals surface area contributed by atoms with Crippen LogP contribution in [0.1, 0.15) is 21.5 Å². The van der Waals surface area contributed by atoms with Crippen LogP contribution in [0.5, 0.6) is 11.6 Å².